The molecule has 0 aliphatic carbocycles. The first-order valence-corrected chi connectivity index (χ1v) is 5.17. The average Bonchev–Trinajstić information content (AvgIpc) is 2.23. The number of hydrogen-bond donors (Lipinski definition) is 1. The van der Waals surface area contributed by atoms with Crippen molar-refractivity contribution in [3.63, 3.8) is 0 Å². The molecule has 0 heterocycles. The number of nitrogens with two attached hydrogens (primary N) is 1. The molecule has 0 bridgehead atoms. The van der Waals surface area contributed by atoms with E-state index in [2.05, 4.69) is 6.92 Å². The van der Waals surface area contributed by atoms with Crippen molar-refractivity contribution in [2.24, 2.45) is 0 Å². The molecule has 15 heavy (non-hydrogen) atoms. The molecule has 0 aromatic heterocycles. The topological polar surface area (TPSA) is 26.0 Å². The van der Waals surface area contributed by atoms with Gasteiger partial charge in [-0.2, -0.15) is 0 Å². The van der Waals surface area contributed by atoms with Crippen LogP contribution in [0.1, 0.15) is 5.56 Å². The van der Waals surface area contributed by atoms with Gasteiger partial charge >= 0.3 is 0 Å². The van der Waals surface area contributed by atoms with Gasteiger partial charge in [-0.3, -0.25) is 0 Å². The van der Waals surface area contributed by atoms with Crippen molar-refractivity contribution in [2.75, 3.05) is 5.73 Å². The van der Waals surface area contributed by atoms with Crippen LogP contribution >= 0.6 is 11.6 Å². The van der Waals surface area contributed by atoms with Crippen molar-refractivity contribution >= 4 is 17.3 Å². The molecule has 2 aromatic carbocycles. The van der Waals surface area contributed by atoms with Gasteiger partial charge in [0, 0.05) is 10.7 Å². The minimum Gasteiger partial charge on any atom is -0.399 e. The predicted molar refractivity (Wildman–Crippen MR) is 66.0 cm³/mol. The number of nitrogen functional groups attached to an aromatic ring is 1. The number of hydrogen-bond acceptors (Lipinski definition) is 1. The van der Waals surface area contributed by atoms with Crippen molar-refractivity contribution < 1.29 is 0 Å². The predicted octanol–water partition coefficient (Wildman–Crippen LogP) is 3.90. The summed E-state index contributed by atoms with van der Waals surface area (Å²) < 4.78 is 0. The zero-order chi connectivity index (χ0) is 10.8. The van der Waals surface area contributed by atoms with Gasteiger partial charge in [-0.15, -0.1) is 0 Å². The molecule has 0 unspecified atom stereocenters. The number of benzene rings is 2. The fourth-order valence-electron chi connectivity index (χ4n) is 1.57. The Morgan fingerprint density at radius 3 is 2.33 bits per heavy atom. The van der Waals surface area contributed by atoms with Gasteiger partial charge < -0.3 is 5.73 Å². The van der Waals surface area contributed by atoms with Crippen LogP contribution in [0, 0.1) is 6.92 Å². The number of aryl methyl sites for hydroxylation is 1. The highest BCUT2D eigenvalue weighted by Crippen LogP contribution is 2.26. The third-order valence-corrected chi connectivity index (χ3v) is 2.66. The monoisotopic (exact) mass is 217 g/mol. The molecular formula is C13H12ClN. The Morgan fingerprint density at radius 1 is 1.00 bits per heavy atom. The summed E-state index contributed by atoms with van der Waals surface area (Å²) in [6.07, 6.45) is 0. The first-order valence-electron chi connectivity index (χ1n) is 4.79. The van der Waals surface area contributed by atoms with Gasteiger partial charge in [-0.05, 0) is 47.9 Å². The zero-order valence-electron chi connectivity index (χ0n) is 8.50. The Balaban J connectivity index is 2.53. The lowest BCUT2D eigenvalue weighted by Crippen LogP contribution is -1.86. The van der Waals surface area contributed by atoms with Gasteiger partial charge in [-0.1, -0.05) is 29.8 Å². The Kier molecular flexibility index (Phi) is 2.65. The lowest BCUT2D eigenvalue weighted by molar-refractivity contribution is 1.46. The first kappa shape index (κ1) is 10.1. The second-order valence-corrected chi connectivity index (χ2v) is 4.02. The minimum absolute atomic E-state index is 0.757. The van der Waals surface area contributed by atoms with E-state index in [-0.39, 0.29) is 0 Å². The molecule has 0 saturated heterocycles. The van der Waals surface area contributed by atoms with E-state index in [1.807, 2.05) is 42.5 Å². The van der Waals surface area contributed by atoms with Crippen LogP contribution in [0.4, 0.5) is 5.69 Å². The SMILES string of the molecule is Cc1ccc(Cl)cc1-c1ccc(N)cc1. The van der Waals surface area contributed by atoms with Crippen molar-refractivity contribution in [3.8, 4) is 11.1 Å². The van der Waals surface area contributed by atoms with Gasteiger partial charge in [-0.25, -0.2) is 0 Å². The van der Waals surface area contributed by atoms with Crippen LogP contribution in [0.25, 0.3) is 11.1 Å². The molecule has 0 aliphatic heterocycles. The van der Waals surface area contributed by atoms with Gasteiger partial charge in [0.25, 0.3) is 0 Å². The lowest BCUT2D eigenvalue weighted by Gasteiger charge is -2.06. The summed E-state index contributed by atoms with van der Waals surface area (Å²) in [4.78, 5) is 0. The molecular weight excluding hydrogens is 206 g/mol. The van der Waals surface area contributed by atoms with E-state index >= 15 is 0 Å². The van der Waals surface area contributed by atoms with E-state index in [0.29, 0.717) is 0 Å². The van der Waals surface area contributed by atoms with E-state index in [0.717, 1.165) is 21.8 Å². The summed E-state index contributed by atoms with van der Waals surface area (Å²) in [6, 6.07) is 13.7. The van der Waals surface area contributed by atoms with E-state index in [1.165, 1.54) is 5.56 Å². The van der Waals surface area contributed by atoms with E-state index < -0.39 is 0 Å². The van der Waals surface area contributed by atoms with Crippen molar-refractivity contribution in [1.29, 1.82) is 0 Å². The van der Waals surface area contributed by atoms with Crippen LogP contribution in [-0.4, -0.2) is 0 Å². The molecule has 2 rings (SSSR count). The Morgan fingerprint density at radius 2 is 1.67 bits per heavy atom. The molecule has 0 atom stereocenters. The number of rotatable bonds is 1. The van der Waals surface area contributed by atoms with Gasteiger partial charge in [0.2, 0.25) is 0 Å². The Hall–Kier alpha value is -1.47. The highest BCUT2D eigenvalue weighted by Gasteiger charge is 2.02. The summed E-state index contributed by atoms with van der Waals surface area (Å²) in [5.74, 6) is 0. The lowest BCUT2D eigenvalue weighted by atomic mass is 10.0. The van der Waals surface area contributed by atoms with Crippen LogP contribution in [-0.2, 0) is 0 Å². The molecule has 0 radical (unpaired) electrons. The second-order valence-electron chi connectivity index (χ2n) is 3.58. The normalized spacial score (nSPS) is 10.3. The summed E-state index contributed by atoms with van der Waals surface area (Å²) >= 11 is 5.97. The van der Waals surface area contributed by atoms with Crippen LogP contribution < -0.4 is 5.73 Å². The maximum atomic E-state index is 5.97. The zero-order valence-corrected chi connectivity index (χ0v) is 9.25. The van der Waals surface area contributed by atoms with E-state index in [4.69, 9.17) is 17.3 Å². The van der Waals surface area contributed by atoms with Gasteiger partial charge in [0.15, 0.2) is 0 Å². The molecule has 76 valence electrons. The fraction of sp³-hybridized carbons (Fsp3) is 0.0769. The van der Waals surface area contributed by atoms with Gasteiger partial charge in [0.05, 0.1) is 0 Å². The van der Waals surface area contributed by atoms with E-state index in [1.54, 1.807) is 0 Å². The third-order valence-electron chi connectivity index (χ3n) is 2.42. The smallest absolute Gasteiger partial charge is 0.0412 e. The van der Waals surface area contributed by atoms with Crippen LogP contribution in [0.5, 0.6) is 0 Å². The summed E-state index contributed by atoms with van der Waals surface area (Å²) in [7, 11) is 0. The first-order chi connectivity index (χ1) is 7.16. The molecule has 2 aromatic rings. The molecule has 0 spiro atoms. The largest absolute Gasteiger partial charge is 0.399 e. The van der Waals surface area contributed by atoms with Crippen molar-refractivity contribution in [2.45, 2.75) is 6.92 Å². The van der Waals surface area contributed by atoms with E-state index in [9.17, 15) is 0 Å². The average molecular weight is 218 g/mol. The maximum absolute atomic E-state index is 5.97. The van der Waals surface area contributed by atoms with Crippen molar-refractivity contribution in [3.05, 3.63) is 53.1 Å². The fourth-order valence-corrected chi connectivity index (χ4v) is 1.74. The highest BCUT2D eigenvalue weighted by molar-refractivity contribution is 6.30. The summed E-state index contributed by atoms with van der Waals surface area (Å²) in [5.41, 5.74) is 9.93. The highest BCUT2D eigenvalue weighted by atomic mass is 35.5. The van der Waals surface area contributed by atoms with Crippen LogP contribution in [0.2, 0.25) is 5.02 Å². The minimum atomic E-state index is 0.757. The van der Waals surface area contributed by atoms with Crippen molar-refractivity contribution in [1.82, 2.24) is 0 Å². The second kappa shape index (κ2) is 3.95. The van der Waals surface area contributed by atoms with Crippen LogP contribution in [0.15, 0.2) is 42.5 Å². The quantitative estimate of drug-likeness (QED) is 0.721. The summed E-state index contributed by atoms with van der Waals surface area (Å²) in [6.45, 7) is 2.07. The molecule has 2 N–H and O–H groups in total. The van der Waals surface area contributed by atoms with Crippen LogP contribution in [0.3, 0.4) is 0 Å². The van der Waals surface area contributed by atoms with Gasteiger partial charge in [0.1, 0.15) is 0 Å². The third kappa shape index (κ3) is 2.13. The molecule has 0 amide bonds. The molecule has 0 aliphatic rings. The maximum Gasteiger partial charge on any atom is 0.0412 e. The summed E-state index contributed by atoms with van der Waals surface area (Å²) in [5, 5.41) is 0.757. The number of halogens is 1. The number of anilines is 1. The molecule has 2 heteroatoms. The Labute approximate surface area is 94.5 Å². The Bertz CT molecular complexity index is 474. The molecule has 0 saturated carbocycles. The molecule has 1 nitrogen and oxygen atoms in total. The standard InChI is InChI=1S/C13H12ClN/c1-9-2-5-11(14)8-13(9)10-3-6-12(15)7-4-10/h2-8H,15H2,1H3. The molecule has 0 fully saturated rings.